The molecule has 118 valence electrons. The molecule has 1 saturated heterocycles. The molecule has 1 aliphatic rings. The van der Waals surface area contributed by atoms with Crippen LogP contribution in [0.4, 0.5) is 8.78 Å². The molecule has 1 N–H and O–H groups in total. The lowest BCUT2D eigenvalue weighted by atomic mass is 10.1. The van der Waals surface area contributed by atoms with E-state index in [1.54, 1.807) is 11.0 Å². The predicted molar refractivity (Wildman–Crippen MR) is 75.9 cm³/mol. The lowest BCUT2D eigenvalue weighted by Gasteiger charge is -2.27. The van der Waals surface area contributed by atoms with Crippen molar-refractivity contribution >= 4 is 0 Å². The third-order valence-corrected chi connectivity index (χ3v) is 4.09. The maximum absolute atomic E-state index is 13.7. The summed E-state index contributed by atoms with van der Waals surface area (Å²) >= 11 is 0. The average Bonchev–Trinajstić information content (AvgIpc) is 3.12. The number of likely N-dealkylation sites (tertiary alicyclic amines) is 1. The minimum atomic E-state index is -0.975. The molecule has 2 heterocycles. The van der Waals surface area contributed by atoms with E-state index < -0.39 is 17.7 Å². The van der Waals surface area contributed by atoms with Gasteiger partial charge in [-0.2, -0.15) is 5.10 Å². The molecule has 5 nitrogen and oxygen atoms in total. The maximum atomic E-state index is 13.7. The van der Waals surface area contributed by atoms with E-state index in [9.17, 15) is 13.9 Å². The second-order valence-electron chi connectivity index (χ2n) is 5.59. The number of aromatic nitrogens is 3. The Labute approximate surface area is 127 Å². The summed E-state index contributed by atoms with van der Waals surface area (Å²) in [5.74, 6) is -1.35. The van der Waals surface area contributed by atoms with Gasteiger partial charge in [0.25, 0.3) is 0 Å². The Bertz CT molecular complexity index is 620. The van der Waals surface area contributed by atoms with Gasteiger partial charge in [-0.1, -0.05) is 6.07 Å². The molecule has 7 heteroatoms. The zero-order valence-corrected chi connectivity index (χ0v) is 12.1. The molecule has 2 aromatic rings. The molecule has 0 bridgehead atoms. The summed E-state index contributed by atoms with van der Waals surface area (Å²) in [5, 5.41) is 14.3. The fourth-order valence-electron chi connectivity index (χ4n) is 2.98. The molecule has 1 aliphatic heterocycles. The summed E-state index contributed by atoms with van der Waals surface area (Å²) < 4.78 is 28.4. The van der Waals surface area contributed by atoms with E-state index in [0.29, 0.717) is 13.1 Å². The van der Waals surface area contributed by atoms with E-state index >= 15 is 0 Å². The number of β-amino-alcohol motifs (C(OH)–C–C–N with tert-alkyl or cyclic N) is 1. The molecule has 1 aromatic carbocycles. The van der Waals surface area contributed by atoms with Crippen molar-refractivity contribution in [3.05, 3.63) is 48.1 Å². The van der Waals surface area contributed by atoms with E-state index in [4.69, 9.17) is 0 Å². The fraction of sp³-hybridized carbons (Fsp3) is 0.467. The Morgan fingerprint density at radius 1 is 1.36 bits per heavy atom. The molecule has 22 heavy (non-hydrogen) atoms. The minimum absolute atomic E-state index is 0.132. The van der Waals surface area contributed by atoms with Crippen LogP contribution in [-0.2, 0) is 6.54 Å². The van der Waals surface area contributed by atoms with Crippen LogP contribution < -0.4 is 0 Å². The van der Waals surface area contributed by atoms with Crippen molar-refractivity contribution in [2.24, 2.45) is 0 Å². The first kappa shape index (κ1) is 15.1. The Kier molecular flexibility index (Phi) is 4.44. The quantitative estimate of drug-likeness (QED) is 0.914. The Morgan fingerprint density at radius 2 is 2.23 bits per heavy atom. The zero-order chi connectivity index (χ0) is 15.5. The molecule has 0 amide bonds. The number of aliphatic hydroxyl groups is 1. The Morgan fingerprint density at radius 3 is 2.95 bits per heavy atom. The van der Waals surface area contributed by atoms with Crippen LogP contribution in [-0.4, -0.2) is 43.9 Å². The first-order valence-electron chi connectivity index (χ1n) is 7.33. The zero-order valence-electron chi connectivity index (χ0n) is 12.1. The molecule has 0 radical (unpaired) electrons. The lowest BCUT2D eigenvalue weighted by Crippen LogP contribution is -2.36. The second kappa shape index (κ2) is 6.50. The van der Waals surface area contributed by atoms with Gasteiger partial charge in [0.1, 0.15) is 24.3 Å². The highest BCUT2D eigenvalue weighted by Gasteiger charge is 2.28. The van der Waals surface area contributed by atoms with Gasteiger partial charge in [0.15, 0.2) is 0 Å². The molecular formula is C15H18F2N4O. The van der Waals surface area contributed by atoms with E-state index in [1.165, 1.54) is 18.5 Å². The van der Waals surface area contributed by atoms with E-state index in [1.807, 2.05) is 0 Å². The molecule has 1 aromatic heterocycles. The SMILES string of the molecule is O[C@H](CN1CCC[C@@H]1Cn1cncn1)c1ccc(F)cc1F. The fourth-order valence-corrected chi connectivity index (χ4v) is 2.98. The van der Waals surface area contributed by atoms with Crippen LogP contribution in [0, 0.1) is 11.6 Å². The number of halogens is 2. The molecule has 0 saturated carbocycles. The van der Waals surface area contributed by atoms with Crippen LogP contribution in [0.1, 0.15) is 24.5 Å². The van der Waals surface area contributed by atoms with E-state index in [2.05, 4.69) is 15.0 Å². The number of rotatable bonds is 5. The highest BCUT2D eigenvalue weighted by molar-refractivity contribution is 5.21. The van der Waals surface area contributed by atoms with Gasteiger partial charge in [-0.3, -0.25) is 9.58 Å². The van der Waals surface area contributed by atoms with Crippen molar-refractivity contribution in [1.29, 1.82) is 0 Å². The number of aliphatic hydroxyl groups excluding tert-OH is 1. The Balaban J connectivity index is 1.65. The second-order valence-corrected chi connectivity index (χ2v) is 5.59. The largest absolute Gasteiger partial charge is 0.387 e. The summed E-state index contributed by atoms with van der Waals surface area (Å²) in [4.78, 5) is 6.04. The molecule has 0 spiro atoms. The number of benzene rings is 1. The summed E-state index contributed by atoms with van der Waals surface area (Å²) in [6.45, 7) is 1.86. The van der Waals surface area contributed by atoms with Crippen LogP contribution in [0.15, 0.2) is 30.9 Å². The summed E-state index contributed by atoms with van der Waals surface area (Å²) in [5.41, 5.74) is 0.132. The van der Waals surface area contributed by atoms with Crippen LogP contribution in [0.25, 0.3) is 0 Å². The van der Waals surface area contributed by atoms with Gasteiger partial charge >= 0.3 is 0 Å². The van der Waals surface area contributed by atoms with Crippen molar-refractivity contribution in [3.8, 4) is 0 Å². The third kappa shape index (κ3) is 3.31. The first-order valence-corrected chi connectivity index (χ1v) is 7.33. The Hall–Kier alpha value is -1.86. The van der Waals surface area contributed by atoms with Crippen LogP contribution in [0.5, 0.6) is 0 Å². The monoisotopic (exact) mass is 308 g/mol. The molecule has 1 fully saturated rings. The smallest absolute Gasteiger partial charge is 0.137 e. The van der Waals surface area contributed by atoms with Gasteiger partial charge in [0, 0.05) is 24.2 Å². The van der Waals surface area contributed by atoms with Gasteiger partial charge in [0.2, 0.25) is 0 Å². The first-order chi connectivity index (χ1) is 10.6. The normalized spacial score (nSPS) is 20.4. The predicted octanol–water partition coefficient (Wildman–Crippen LogP) is 1.75. The number of hydrogen-bond donors (Lipinski definition) is 1. The van der Waals surface area contributed by atoms with E-state index in [-0.39, 0.29) is 11.6 Å². The number of nitrogens with zero attached hydrogens (tertiary/aromatic N) is 4. The van der Waals surface area contributed by atoms with Crippen LogP contribution in [0.3, 0.4) is 0 Å². The minimum Gasteiger partial charge on any atom is -0.387 e. The molecule has 0 aliphatic carbocycles. The number of hydrogen-bond acceptors (Lipinski definition) is 4. The third-order valence-electron chi connectivity index (χ3n) is 4.09. The van der Waals surface area contributed by atoms with Crippen LogP contribution >= 0.6 is 0 Å². The van der Waals surface area contributed by atoms with Gasteiger partial charge in [-0.05, 0) is 25.5 Å². The highest BCUT2D eigenvalue weighted by Crippen LogP contribution is 2.24. The topological polar surface area (TPSA) is 54.2 Å². The summed E-state index contributed by atoms with van der Waals surface area (Å²) in [6, 6.07) is 3.51. The van der Waals surface area contributed by atoms with Crippen molar-refractivity contribution < 1.29 is 13.9 Å². The van der Waals surface area contributed by atoms with Crippen molar-refractivity contribution in [2.75, 3.05) is 13.1 Å². The summed E-state index contributed by atoms with van der Waals surface area (Å²) in [7, 11) is 0. The lowest BCUT2D eigenvalue weighted by molar-refractivity contribution is 0.0977. The standard InChI is InChI=1S/C15H18F2N4O/c16-11-3-4-13(14(17)6-11)15(22)8-20-5-1-2-12(20)7-21-10-18-9-19-21/h3-4,6,9-10,12,15,22H,1-2,5,7-8H2/t12-,15-/m1/s1. The highest BCUT2D eigenvalue weighted by atomic mass is 19.1. The molecule has 2 atom stereocenters. The van der Waals surface area contributed by atoms with Crippen molar-refractivity contribution in [1.82, 2.24) is 19.7 Å². The van der Waals surface area contributed by atoms with Crippen LogP contribution in [0.2, 0.25) is 0 Å². The van der Waals surface area contributed by atoms with Gasteiger partial charge < -0.3 is 5.11 Å². The molecular weight excluding hydrogens is 290 g/mol. The van der Waals surface area contributed by atoms with Crippen molar-refractivity contribution in [2.45, 2.75) is 31.5 Å². The van der Waals surface area contributed by atoms with Gasteiger partial charge in [0.05, 0.1) is 12.6 Å². The van der Waals surface area contributed by atoms with Crippen molar-refractivity contribution in [3.63, 3.8) is 0 Å². The molecule has 3 rings (SSSR count). The maximum Gasteiger partial charge on any atom is 0.137 e. The summed E-state index contributed by atoms with van der Waals surface area (Å²) in [6.07, 6.45) is 4.20. The average molecular weight is 308 g/mol. The van der Waals surface area contributed by atoms with E-state index in [0.717, 1.165) is 25.5 Å². The molecule has 0 unspecified atom stereocenters. The van der Waals surface area contributed by atoms with Gasteiger partial charge in [-0.15, -0.1) is 0 Å². The van der Waals surface area contributed by atoms with Gasteiger partial charge in [-0.25, -0.2) is 13.8 Å².